The molecular weight excluding hydrogens is 401 g/mol. The molecule has 2 amide bonds. The van der Waals surface area contributed by atoms with Crippen molar-refractivity contribution < 1.29 is 14.0 Å². The van der Waals surface area contributed by atoms with Crippen LogP contribution >= 0.6 is 15.9 Å². The molecule has 5 nitrogen and oxygen atoms in total. The van der Waals surface area contributed by atoms with Crippen molar-refractivity contribution in [2.75, 3.05) is 23.3 Å². The van der Waals surface area contributed by atoms with Crippen LogP contribution in [-0.2, 0) is 0 Å². The highest BCUT2D eigenvalue weighted by atomic mass is 79.9. The lowest BCUT2D eigenvalue weighted by Gasteiger charge is -2.30. The first-order valence-electron chi connectivity index (χ1n) is 8.41. The van der Waals surface area contributed by atoms with E-state index in [9.17, 15) is 14.0 Å². The average Bonchev–Trinajstić information content (AvgIpc) is 2.62. The summed E-state index contributed by atoms with van der Waals surface area (Å²) >= 11 is 3.17. The predicted molar refractivity (Wildman–Crippen MR) is 103 cm³/mol. The van der Waals surface area contributed by atoms with Crippen LogP contribution in [0.3, 0.4) is 0 Å². The highest BCUT2D eigenvalue weighted by molar-refractivity contribution is 9.10. The summed E-state index contributed by atoms with van der Waals surface area (Å²) in [5.41, 5.74) is 6.85. The maximum absolute atomic E-state index is 14.1. The van der Waals surface area contributed by atoms with Gasteiger partial charge in [-0.05, 0) is 55.7 Å². The Hall–Kier alpha value is -2.41. The average molecular weight is 420 g/mol. The normalized spacial score (nSPS) is 14.2. The number of halogens is 2. The number of nitrogens with two attached hydrogens (primary N) is 1. The Bertz CT molecular complexity index is 851. The molecule has 0 bridgehead atoms. The quantitative estimate of drug-likeness (QED) is 0.787. The van der Waals surface area contributed by atoms with E-state index in [2.05, 4.69) is 26.1 Å². The van der Waals surface area contributed by atoms with Gasteiger partial charge in [0, 0.05) is 23.1 Å². The maximum Gasteiger partial charge on any atom is 0.258 e. The van der Waals surface area contributed by atoms with Gasteiger partial charge < -0.3 is 16.0 Å². The van der Waals surface area contributed by atoms with E-state index in [1.165, 1.54) is 18.6 Å². The molecule has 0 unspecified atom stereocenters. The van der Waals surface area contributed by atoms with E-state index >= 15 is 0 Å². The summed E-state index contributed by atoms with van der Waals surface area (Å²) in [6, 6.07) is 9.21. The van der Waals surface area contributed by atoms with Crippen molar-refractivity contribution >= 4 is 39.1 Å². The Morgan fingerprint density at radius 1 is 1.08 bits per heavy atom. The van der Waals surface area contributed by atoms with E-state index in [4.69, 9.17) is 5.73 Å². The van der Waals surface area contributed by atoms with Gasteiger partial charge in [-0.15, -0.1) is 0 Å². The summed E-state index contributed by atoms with van der Waals surface area (Å²) in [5, 5.41) is 2.74. The third-order valence-electron chi connectivity index (χ3n) is 4.40. The number of primary amides is 1. The number of carbonyl (C=O) groups excluding carboxylic acids is 2. The number of anilines is 2. The van der Waals surface area contributed by atoms with Gasteiger partial charge in [0.2, 0.25) is 5.91 Å². The number of nitrogens with one attached hydrogen (secondary N) is 1. The number of amides is 2. The van der Waals surface area contributed by atoms with Crippen LogP contribution in [0.5, 0.6) is 0 Å². The van der Waals surface area contributed by atoms with Crippen molar-refractivity contribution in [3.63, 3.8) is 0 Å². The lowest BCUT2D eigenvalue weighted by Crippen LogP contribution is -2.30. The molecule has 1 aliphatic rings. The Morgan fingerprint density at radius 2 is 1.81 bits per heavy atom. The van der Waals surface area contributed by atoms with Gasteiger partial charge in [-0.2, -0.15) is 0 Å². The first kappa shape index (κ1) is 18.4. The first-order chi connectivity index (χ1) is 12.5. The molecule has 7 heteroatoms. The molecule has 0 saturated carbocycles. The van der Waals surface area contributed by atoms with Crippen LogP contribution < -0.4 is 16.0 Å². The molecule has 26 heavy (non-hydrogen) atoms. The van der Waals surface area contributed by atoms with Crippen LogP contribution in [0.4, 0.5) is 15.8 Å². The second-order valence-electron chi connectivity index (χ2n) is 6.22. The van der Waals surface area contributed by atoms with E-state index in [1.807, 2.05) is 0 Å². The number of piperidine rings is 1. The van der Waals surface area contributed by atoms with Gasteiger partial charge in [0.05, 0.1) is 16.9 Å². The molecule has 1 aliphatic heterocycles. The molecule has 1 fully saturated rings. The minimum Gasteiger partial charge on any atom is -0.370 e. The van der Waals surface area contributed by atoms with Gasteiger partial charge in [0.25, 0.3) is 5.91 Å². The Balaban J connectivity index is 1.94. The van der Waals surface area contributed by atoms with Crippen molar-refractivity contribution in [2.45, 2.75) is 19.3 Å². The largest absolute Gasteiger partial charge is 0.370 e. The minimum absolute atomic E-state index is 0.0673. The summed E-state index contributed by atoms with van der Waals surface area (Å²) in [4.78, 5) is 26.2. The fourth-order valence-corrected chi connectivity index (χ4v) is 3.40. The maximum atomic E-state index is 14.1. The second-order valence-corrected chi connectivity index (χ2v) is 7.14. The molecule has 0 spiro atoms. The first-order valence-corrected chi connectivity index (χ1v) is 9.20. The number of nitrogens with zero attached hydrogens (tertiary/aromatic N) is 1. The molecule has 0 atom stereocenters. The van der Waals surface area contributed by atoms with Crippen molar-refractivity contribution in [3.8, 4) is 0 Å². The molecule has 3 N–H and O–H groups in total. The molecular formula is C19H19BrFN3O2. The molecule has 136 valence electrons. The fraction of sp³-hybridized carbons (Fsp3) is 0.263. The lowest BCUT2D eigenvalue weighted by atomic mass is 10.1. The minimum atomic E-state index is -0.623. The molecule has 3 rings (SSSR count). The monoisotopic (exact) mass is 419 g/mol. The highest BCUT2D eigenvalue weighted by Gasteiger charge is 2.19. The van der Waals surface area contributed by atoms with Crippen LogP contribution in [0.25, 0.3) is 0 Å². The zero-order chi connectivity index (χ0) is 18.7. The molecule has 0 radical (unpaired) electrons. The van der Waals surface area contributed by atoms with Gasteiger partial charge in [0.1, 0.15) is 5.82 Å². The van der Waals surface area contributed by atoms with E-state index in [-0.39, 0.29) is 11.1 Å². The topological polar surface area (TPSA) is 75.4 Å². The van der Waals surface area contributed by atoms with Crippen LogP contribution in [0.2, 0.25) is 0 Å². The molecule has 1 saturated heterocycles. The van der Waals surface area contributed by atoms with Crippen LogP contribution in [0.15, 0.2) is 40.9 Å². The van der Waals surface area contributed by atoms with Gasteiger partial charge >= 0.3 is 0 Å². The SMILES string of the molecule is NC(=O)c1ccc(N2CCCCC2)c(NC(=O)c2ccc(Br)cc2F)c1. The number of benzene rings is 2. The summed E-state index contributed by atoms with van der Waals surface area (Å²) in [6.45, 7) is 1.73. The molecule has 2 aromatic rings. The van der Waals surface area contributed by atoms with Gasteiger partial charge in [-0.3, -0.25) is 9.59 Å². The van der Waals surface area contributed by atoms with E-state index < -0.39 is 17.6 Å². The Labute approximate surface area is 159 Å². The van der Waals surface area contributed by atoms with Crippen molar-refractivity contribution in [1.82, 2.24) is 0 Å². The standard InChI is InChI=1S/C19H19BrFN3O2/c20-13-5-6-14(15(21)11-13)19(26)23-16-10-12(18(22)25)4-7-17(16)24-8-2-1-3-9-24/h4-7,10-11H,1-3,8-9H2,(H2,22,25)(H,23,26). The lowest BCUT2D eigenvalue weighted by molar-refractivity contribution is 0.0995. The van der Waals surface area contributed by atoms with Crippen molar-refractivity contribution in [3.05, 3.63) is 57.8 Å². The zero-order valence-corrected chi connectivity index (χ0v) is 15.7. The van der Waals surface area contributed by atoms with E-state index in [1.54, 1.807) is 24.3 Å². The van der Waals surface area contributed by atoms with Crippen LogP contribution in [0, 0.1) is 5.82 Å². The molecule has 2 aromatic carbocycles. The Morgan fingerprint density at radius 3 is 2.46 bits per heavy atom. The number of rotatable bonds is 4. The number of hydrogen-bond acceptors (Lipinski definition) is 3. The van der Waals surface area contributed by atoms with Gasteiger partial charge in [-0.25, -0.2) is 4.39 Å². The highest BCUT2D eigenvalue weighted by Crippen LogP contribution is 2.30. The zero-order valence-electron chi connectivity index (χ0n) is 14.1. The molecule has 1 heterocycles. The predicted octanol–water partition coefficient (Wildman–Crippen LogP) is 3.93. The molecule has 0 aromatic heterocycles. The van der Waals surface area contributed by atoms with Crippen molar-refractivity contribution in [2.24, 2.45) is 5.73 Å². The van der Waals surface area contributed by atoms with E-state index in [0.29, 0.717) is 10.2 Å². The summed E-state index contributed by atoms with van der Waals surface area (Å²) in [6.07, 6.45) is 3.29. The fourth-order valence-electron chi connectivity index (χ4n) is 3.06. The summed E-state index contributed by atoms with van der Waals surface area (Å²) in [7, 11) is 0. The summed E-state index contributed by atoms with van der Waals surface area (Å²) < 4.78 is 14.6. The number of hydrogen-bond donors (Lipinski definition) is 2. The molecule has 0 aliphatic carbocycles. The Kier molecular flexibility index (Phi) is 5.56. The van der Waals surface area contributed by atoms with Crippen LogP contribution in [-0.4, -0.2) is 24.9 Å². The summed E-state index contributed by atoms with van der Waals surface area (Å²) in [5.74, 6) is -1.78. The van der Waals surface area contributed by atoms with E-state index in [0.717, 1.165) is 31.6 Å². The smallest absolute Gasteiger partial charge is 0.258 e. The van der Waals surface area contributed by atoms with Gasteiger partial charge in [0.15, 0.2) is 0 Å². The van der Waals surface area contributed by atoms with Gasteiger partial charge in [-0.1, -0.05) is 15.9 Å². The number of carbonyl (C=O) groups is 2. The second kappa shape index (κ2) is 7.86. The third-order valence-corrected chi connectivity index (χ3v) is 4.90. The van der Waals surface area contributed by atoms with Crippen molar-refractivity contribution in [1.29, 1.82) is 0 Å². The van der Waals surface area contributed by atoms with Crippen LogP contribution in [0.1, 0.15) is 40.0 Å². The third kappa shape index (κ3) is 4.04.